The maximum Gasteiger partial charge on any atom is 0.308 e. The highest BCUT2D eigenvalue weighted by atomic mass is 35.5. The van der Waals surface area contributed by atoms with Gasteiger partial charge in [-0.25, -0.2) is 0 Å². The van der Waals surface area contributed by atoms with Gasteiger partial charge in [-0.05, 0) is 48.0 Å². The molecule has 47 heavy (non-hydrogen) atoms. The van der Waals surface area contributed by atoms with E-state index in [4.69, 9.17) is 36.4 Å². The Hall–Kier alpha value is -4.40. The van der Waals surface area contributed by atoms with Gasteiger partial charge in [0.2, 0.25) is 5.91 Å². The minimum atomic E-state index is -1.63. The molecule has 10 nitrogen and oxygen atoms in total. The summed E-state index contributed by atoms with van der Waals surface area (Å²) in [6, 6.07) is 21.1. The molecule has 2 amide bonds. The Bertz CT molecular complexity index is 1720. The third-order valence-corrected chi connectivity index (χ3v) is 9.07. The Morgan fingerprint density at radius 3 is 2.34 bits per heavy atom. The van der Waals surface area contributed by atoms with Gasteiger partial charge in [-0.2, -0.15) is 5.06 Å². The van der Waals surface area contributed by atoms with Gasteiger partial charge in [-0.15, -0.1) is 0 Å². The molecular formula is C36H36ClN3O7. The summed E-state index contributed by atoms with van der Waals surface area (Å²) in [5.41, 5.74) is 7.61. The molecule has 11 heteroatoms. The number of nitrogens with zero attached hydrogens (tertiary/aromatic N) is 1. The van der Waals surface area contributed by atoms with E-state index >= 15 is 0 Å². The Balaban J connectivity index is 1.30. The highest BCUT2D eigenvalue weighted by molar-refractivity contribution is 6.30. The highest BCUT2D eigenvalue weighted by Gasteiger charge is 2.73. The number of hydrogen-bond acceptors (Lipinski definition) is 8. The number of nitrogens with two attached hydrogens (primary N) is 1. The summed E-state index contributed by atoms with van der Waals surface area (Å²) in [5, 5.41) is 5.12. The lowest BCUT2D eigenvalue weighted by Gasteiger charge is -2.38. The molecule has 6 rings (SSSR count). The molecule has 0 aromatic heterocycles. The second-order valence-electron chi connectivity index (χ2n) is 12.3. The molecule has 3 fully saturated rings. The SMILES string of the molecule is COc1ccccc1CNC(=O)[C@@H]1[C@@H]2C(OC(=O)C(C)C)C3OC3C[C@]2(C(N)=O)ON1Cc1ccc(C#Cc2ccc(Cl)cc2)cc1. The summed E-state index contributed by atoms with van der Waals surface area (Å²) in [6.07, 6.45) is -1.64. The van der Waals surface area contributed by atoms with Crippen LogP contribution in [0.25, 0.3) is 0 Å². The normalized spacial score (nSPS) is 25.9. The maximum absolute atomic E-state index is 14.2. The number of carbonyl (C=O) groups excluding carboxylic acids is 3. The minimum Gasteiger partial charge on any atom is -0.496 e. The van der Waals surface area contributed by atoms with Crippen molar-refractivity contribution in [3.63, 3.8) is 0 Å². The second kappa shape index (κ2) is 13.4. The number of fused-ring (bicyclic) bond motifs is 2. The molecule has 3 aromatic carbocycles. The van der Waals surface area contributed by atoms with Gasteiger partial charge in [0, 0.05) is 34.7 Å². The average Bonchev–Trinajstić information content (AvgIpc) is 3.76. The van der Waals surface area contributed by atoms with Gasteiger partial charge in [0.25, 0.3) is 5.91 Å². The zero-order chi connectivity index (χ0) is 33.3. The number of hydrogen-bond donors (Lipinski definition) is 2. The van der Waals surface area contributed by atoms with Crippen LogP contribution in [-0.4, -0.2) is 59.9 Å². The van der Waals surface area contributed by atoms with Crippen molar-refractivity contribution in [2.45, 2.75) is 63.3 Å². The fraction of sp³-hybridized carbons (Fsp3) is 0.361. The number of primary amides is 1. The van der Waals surface area contributed by atoms with Crippen LogP contribution in [0.1, 0.15) is 42.5 Å². The van der Waals surface area contributed by atoms with Gasteiger partial charge in [0.15, 0.2) is 5.60 Å². The third-order valence-electron chi connectivity index (χ3n) is 8.82. The smallest absolute Gasteiger partial charge is 0.308 e. The van der Waals surface area contributed by atoms with Crippen LogP contribution in [0, 0.1) is 23.7 Å². The highest BCUT2D eigenvalue weighted by Crippen LogP contribution is 2.54. The molecule has 1 saturated carbocycles. The van der Waals surface area contributed by atoms with Crippen LogP contribution >= 0.6 is 11.6 Å². The van der Waals surface area contributed by atoms with Gasteiger partial charge in [-0.1, -0.05) is 67.6 Å². The van der Waals surface area contributed by atoms with E-state index in [1.165, 1.54) is 5.06 Å². The van der Waals surface area contributed by atoms with Crippen LogP contribution in [-0.2, 0) is 41.8 Å². The molecule has 3 aromatic rings. The zero-order valence-corrected chi connectivity index (χ0v) is 27.0. The van der Waals surface area contributed by atoms with Crippen molar-refractivity contribution in [1.82, 2.24) is 10.4 Å². The van der Waals surface area contributed by atoms with Crippen molar-refractivity contribution in [2.75, 3.05) is 7.11 Å². The maximum atomic E-state index is 14.2. The van der Waals surface area contributed by atoms with Crippen molar-refractivity contribution < 1.29 is 33.4 Å². The zero-order valence-electron chi connectivity index (χ0n) is 26.3. The first-order chi connectivity index (χ1) is 22.6. The monoisotopic (exact) mass is 657 g/mol. The van der Waals surface area contributed by atoms with Crippen LogP contribution in [0.4, 0.5) is 0 Å². The molecule has 0 radical (unpaired) electrons. The van der Waals surface area contributed by atoms with E-state index in [-0.39, 0.29) is 25.6 Å². The van der Waals surface area contributed by atoms with Crippen LogP contribution in [0.2, 0.25) is 5.02 Å². The Labute approximate surface area is 278 Å². The summed E-state index contributed by atoms with van der Waals surface area (Å²) >= 11 is 5.98. The van der Waals surface area contributed by atoms with E-state index < -0.39 is 53.5 Å². The van der Waals surface area contributed by atoms with Crippen LogP contribution in [0.15, 0.2) is 72.8 Å². The molecule has 2 saturated heterocycles. The largest absolute Gasteiger partial charge is 0.496 e. The number of rotatable bonds is 9. The van der Waals surface area contributed by atoms with E-state index in [0.29, 0.717) is 10.8 Å². The first-order valence-corrected chi connectivity index (χ1v) is 15.8. The number of epoxide rings is 1. The Kier molecular flexibility index (Phi) is 9.26. The van der Waals surface area contributed by atoms with Crippen molar-refractivity contribution in [3.8, 4) is 17.6 Å². The van der Waals surface area contributed by atoms with Crippen LogP contribution < -0.4 is 15.8 Å². The number of nitrogens with one attached hydrogen (secondary N) is 1. The van der Waals surface area contributed by atoms with Gasteiger partial charge < -0.3 is 25.3 Å². The second-order valence-corrected chi connectivity index (χ2v) is 12.7. The lowest BCUT2D eigenvalue weighted by atomic mass is 9.70. The van der Waals surface area contributed by atoms with Crippen molar-refractivity contribution in [2.24, 2.45) is 17.6 Å². The van der Waals surface area contributed by atoms with Gasteiger partial charge in [0.1, 0.15) is 24.0 Å². The number of methoxy groups -OCH3 is 1. The van der Waals surface area contributed by atoms with Crippen LogP contribution in [0.5, 0.6) is 5.75 Å². The Morgan fingerprint density at radius 2 is 1.70 bits per heavy atom. The van der Waals surface area contributed by atoms with Crippen molar-refractivity contribution in [1.29, 1.82) is 0 Å². The standard InChI is InChI=1S/C36H36ClN3O7/c1-21(2)34(42)46-32-29-30(33(41)39-19-25-6-4-5-7-27(25)44-3)40(47-36(29,35(38)43)18-28-31(32)45-28)20-24-12-10-22(11-13-24)8-9-23-14-16-26(37)17-15-23/h4-7,10-17,21,28-32H,18-20H2,1-3H3,(H2,38,43)(H,39,41)/t28?,29-,30+,31?,32?,36+/m1/s1. The van der Waals surface area contributed by atoms with E-state index in [0.717, 1.165) is 22.3 Å². The molecule has 0 bridgehead atoms. The Morgan fingerprint density at radius 1 is 1.04 bits per heavy atom. The van der Waals surface area contributed by atoms with E-state index in [1.54, 1.807) is 39.2 Å². The quantitative estimate of drug-likeness (QED) is 0.202. The topological polar surface area (TPSA) is 133 Å². The van der Waals surface area contributed by atoms with Gasteiger partial charge in [-0.3, -0.25) is 19.2 Å². The van der Waals surface area contributed by atoms with Crippen molar-refractivity contribution in [3.05, 3.63) is 100 Å². The number of hydroxylamine groups is 2. The fourth-order valence-electron chi connectivity index (χ4n) is 6.32. The van der Waals surface area contributed by atoms with Crippen LogP contribution in [0.3, 0.4) is 0 Å². The number of esters is 1. The third kappa shape index (κ3) is 6.71. The summed E-state index contributed by atoms with van der Waals surface area (Å²) < 4.78 is 17.3. The molecule has 3 aliphatic rings. The predicted octanol–water partition coefficient (Wildman–Crippen LogP) is 3.76. The lowest BCUT2D eigenvalue weighted by molar-refractivity contribution is -0.218. The predicted molar refractivity (Wildman–Crippen MR) is 173 cm³/mol. The number of ether oxygens (including phenoxy) is 3. The summed E-state index contributed by atoms with van der Waals surface area (Å²) in [6.45, 7) is 3.74. The molecule has 0 spiro atoms. The van der Waals surface area contributed by atoms with E-state index in [2.05, 4.69) is 17.2 Å². The summed E-state index contributed by atoms with van der Waals surface area (Å²) in [4.78, 5) is 46.8. The van der Waals surface area contributed by atoms with E-state index in [9.17, 15) is 14.4 Å². The fourth-order valence-corrected chi connectivity index (χ4v) is 6.45. The molecule has 2 aliphatic heterocycles. The summed E-state index contributed by atoms with van der Waals surface area (Å²) in [5.74, 6) is 3.88. The van der Waals surface area contributed by atoms with Gasteiger partial charge in [0.05, 0.1) is 31.6 Å². The molecule has 1 aliphatic carbocycles. The number of halogens is 1. The molecular weight excluding hydrogens is 622 g/mol. The lowest BCUT2D eigenvalue weighted by Crippen LogP contribution is -2.61. The molecule has 6 atom stereocenters. The van der Waals surface area contributed by atoms with Crippen molar-refractivity contribution >= 4 is 29.4 Å². The summed E-state index contributed by atoms with van der Waals surface area (Å²) in [7, 11) is 1.56. The molecule has 3 unspecified atom stereocenters. The van der Waals surface area contributed by atoms with Gasteiger partial charge >= 0.3 is 5.97 Å². The number of amides is 2. The average molecular weight is 658 g/mol. The number of carbonyl (C=O) groups is 3. The molecule has 2 heterocycles. The number of para-hydroxylation sites is 1. The molecule has 3 N–H and O–H groups in total. The van der Waals surface area contributed by atoms with E-state index in [1.807, 2.05) is 54.6 Å². The first-order valence-electron chi connectivity index (χ1n) is 15.5. The number of benzene rings is 3. The molecule has 244 valence electrons. The minimum absolute atomic E-state index is 0.138. The first kappa shape index (κ1) is 32.5.